The minimum Gasteiger partial charge on any atom is -0.356 e. The van der Waals surface area contributed by atoms with Crippen LogP contribution in [0.3, 0.4) is 0 Å². The number of carbonyl (C=O) groups excluding carboxylic acids is 1. The lowest BCUT2D eigenvalue weighted by atomic mass is 10.4. The number of nitrogens with two attached hydrogens (primary N) is 1. The molecule has 0 saturated carbocycles. The molecule has 82 valence electrons. The van der Waals surface area contributed by atoms with Gasteiger partial charge in [0.05, 0.1) is 6.42 Å². The summed E-state index contributed by atoms with van der Waals surface area (Å²) in [7, 11) is 0. The summed E-state index contributed by atoms with van der Waals surface area (Å²) in [6.07, 6.45) is 1.26. The first-order valence-corrected chi connectivity index (χ1v) is 4.08. The molecule has 0 amide bonds. The van der Waals surface area contributed by atoms with Crippen LogP contribution in [0.1, 0.15) is 6.42 Å². The van der Waals surface area contributed by atoms with Gasteiger partial charge in [-0.15, -0.1) is 0 Å². The standard InChI is InChI=1S/C7H10N4O4/c8-10-15-6(13)2-4-11-3-1-5(12)9-7(11)14/h1,3,10H,2,4,8H2,(H,9,12,14). The van der Waals surface area contributed by atoms with E-state index in [-0.39, 0.29) is 13.0 Å². The molecule has 8 heteroatoms. The second-order valence-corrected chi connectivity index (χ2v) is 2.65. The largest absolute Gasteiger partial charge is 0.356 e. The molecule has 0 atom stereocenters. The fourth-order valence-electron chi connectivity index (χ4n) is 0.949. The first kappa shape index (κ1) is 11.1. The predicted octanol–water partition coefficient (Wildman–Crippen LogP) is -2.15. The zero-order chi connectivity index (χ0) is 11.3. The third-order valence-electron chi connectivity index (χ3n) is 1.63. The van der Waals surface area contributed by atoms with Crippen molar-refractivity contribution in [3.8, 4) is 0 Å². The first-order valence-electron chi connectivity index (χ1n) is 4.08. The molecular weight excluding hydrogens is 204 g/mol. The predicted molar refractivity (Wildman–Crippen MR) is 49.4 cm³/mol. The fourth-order valence-corrected chi connectivity index (χ4v) is 0.949. The van der Waals surface area contributed by atoms with Crippen LogP contribution in [0.25, 0.3) is 0 Å². The Bertz CT molecular complexity index is 449. The molecule has 1 heterocycles. The van der Waals surface area contributed by atoms with E-state index in [2.05, 4.69) is 9.82 Å². The van der Waals surface area contributed by atoms with Crippen LogP contribution < -0.4 is 22.7 Å². The van der Waals surface area contributed by atoms with E-state index >= 15 is 0 Å². The molecule has 0 fully saturated rings. The molecule has 0 unspecified atom stereocenters. The molecule has 4 N–H and O–H groups in total. The van der Waals surface area contributed by atoms with Gasteiger partial charge in [-0.05, 0) is 0 Å². The van der Waals surface area contributed by atoms with Crippen LogP contribution >= 0.6 is 0 Å². The Labute approximate surface area is 83.6 Å². The number of nitrogens with one attached hydrogen (secondary N) is 2. The second-order valence-electron chi connectivity index (χ2n) is 2.65. The van der Waals surface area contributed by atoms with Gasteiger partial charge in [-0.3, -0.25) is 14.6 Å². The van der Waals surface area contributed by atoms with Crippen molar-refractivity contribution in [3.63, 3.8) is 0 Å². The summed E-state index contributed by atoms with van der Waals surface area (Å²) >= 11 is 0. The number of carbonyl (C=O) groups is 1. The van der Waals surface area contributed by atoms with Crippen LogP contribution in [0.5, 0.6) is 0 Å². The number of nitrogens with zero attached hydrogens (tertiary/aromatic N) is 1. The molecule has 0 aromatic carbocycles. The highest BCUT2D eigenvalue weighted by Crippen LogP contribution is 1.87. The van der Waals surface area contributed by atoms with Crippen LogP contribution in [0.15, 0.2) is 21.9 Å². The lowest BCUT2D eigenvalue weighted by Gasteiger charge is -2.03. The average molecular weight is 214 g/mol. The zero-order valence-corrected chi connectivity index (χ0v) is 7.73. The molecule has 0 aliphatic rings. The molecule has 0 saturated heterocycles. The normalized spacial score (nSPS) is 9.93. The van der Waals surface area contributed by atoms with E-state index in [9.17, 15) is 14.4 Å². The highest BCUT2D eigenvalue weighted by atomic mass is 16.7. The van der Waals surface area contributed by atoms with Crippen LogP contribution in [0.4, 0.5) is 0 Å². The monoisotopic (exact) mass is 214 g/mol. The summed E-state index contributed by atoms with van der Waals surface area (Å²) in [5, 5.41) is 0. The Balaban J connectivity index is 2.62. The van der Waals surface area contributed by atoms with Crippen LogP contribution in [-0.4, -0.2) is 15.5 Å². The number of hydrogen-bond acceptors (Lipinski definition) is 6. The van der Waals surface area contributed by atoms with E-state index in [4.69, 9.17) is 5.84 Å². The second kappa shape index (κ2) is 5.08. The maximum Gasteiger partial charge on any atom is 0.328 e. The van der Waals surface area contributed by atoms with E-state index in [1.807, 2.05) is 0 Å². The minimum absolute atomic E-state index is 0.0316. The molecule has 0 radical (unpaired) electrons. The summed E-state index contributed by atoms with van der Waals surface area (Å²) in [6, 6.07) is 1.19. The zero-order valence-electron chi connectivity index (χ0n) is 7.73. The van der Waals surface area contributed by atoms with Crippen molar-refractivity contribution < 1.29 is 9.63 Å². The van der Waals surface area contributed by atoms with Crippen molar-refractivity contribution in [2.45, 2.75) is 13.0 Å². The third-order valence-corrected chi connectivity index (χ3v) is 1.63. The number of hydrazine groups is 1. The van der Waals surface area contributed by atoms with E-state index in [0.29, 0.717) is 0 Å². The van der Waals surface area contributed by atoms with Gasteiger partial charge in [0, 0.05) is 18.8 Å². The molecule has 0 aliphatic carbocycles. The van der Waals surface area contributed by atoms with E-state index in [1.165, 1.54) is 16.8 Å². The van der Waals surface area contributed by atoms with Crippen molar-refractivity contribution in [3.05, 3.63) is 33.1 Å². The molecule has 15 heavy (non-hydrogen) atoms. The molecule has 1 rings (SSSR count). The Morgan fingerprint density at radius 3 is 2.93 bits per heavy atom. The summed E-state index contributed by atoms with van der Waals surface area (Å²) in [4.78, 5) is 38.9. The SMILES string of the molecule is NNOC(=O)CCn1ccc(=O)[nH]c1=O. The molecule has 0 aliphatic heterocycles. The quantitative estimate of drug-likeness (QED) is 0.388. The number of aromatic amines is 1. The van der Waals surface area contributed by atoms with Crippen LogP contribution in [-0.2, 0) is 16.2 Å². The van der Waals surface area contributed by atoms with Crippen molar-refractivity contribution in [1.82, 2.24) is 15.1 Å². The average Bonchev–Trinajstić information content (AvgIpc) is 2.17. The van der Waals surface area contributed by atoms with Gasteiger partial charge >= 0.3 is 11.7 Å². The Morgan fingerprint density at radius 1 is 1.60 bits per heavy atom. The van der Waals surface area contributed by atoms with Crippen molar-refractivity contribution in [1.29, 1.82) is 0 Å². The van der Waals surface area contributed by atoms with Crippen molar-refractivity contribution >= 4 is 5.97 Å². The van der Waals surface area contributed by atoms with Gasteiger partial charge in [0.1, 0.15) is 0 Å². The first-order chi connectivity index (χ1) is 7.13. The maximum absolute atomic E-state index is 11.1. The van der Waals surface area contributed by atoms with Crippen molar-refractivity contribution in [2.75, 3.05) is 0 Å². The molecule has 8 nitrogen and oxygen atoms in total. The van der Waals surface area contributed by atoms with Crippen LogP contribution in [0.2, 0.25) is 0 Å². The van der Waals surface area contributed by atoms with Gasteiger partial charge in [0.15, 0.2) is 0 Å². The number of hydrogen-bond donors (Lipinski definition) is 3. The van der Waals surface area contributed by atoms with Crippen LogP contribution in [0, 0.1) is 0 Å². The smallest absolute Gasteiger partial charge is 0.328 e. The highest BCUT2D eigenvalue weighted by Gasteiger charge is 2.03. The summed E-state index contributed by atoms with van der Waals surface area (Å²) in [5.41, 5.74) is 0.676. The van der Waals surface area contributed by atoms with Gasteiger partial charge < -0.3 is 9.40 Å². The van der Waals surface area contributed by atoms with Gasteiger partial charge in [0.2, 0.25) is 0 Å². The molecule has 0 spiro atoms. The Morgan fingerprint density at radius 2 is 2.33 bits per heavy atom. The van der Waals surface area contributed by atoms with E-state index < -0.39 is 17.2 Å². The molecular formula is C7H10N4O4. The highest BCUT2D eigenvalue weighted by molar-refractivity contribution is 5.68. The van der Waals surface area contributed by atoms with Gasteiger partial charge in [-0.1, -0.05) is 5.59 Å². The van der Waals surface area contributed by atoms with Gasteiger partial charge in [-0.25, -0.2) is 10.6 Å². The summed E-state index contributed by atoms with van der Waals surface area (Å²) in [6.45, 7) is 0.107. The number of rotatable bonds is 4. The third kappa shape index (κ3) is 3.37. The van der Waals surface area contributed by atoms with Gasteiger partial charge in [-0.2, -0.15) is 0 Å². The van der Waals surface area contributed by atoms with E-state index in [0.717, 1.165) is 0 Å². The van der Waals surface area contributed by atoms with E-state index in [1.54, 1.807) is 5.59 Å². The molecule has 0 bridgehead atoms. The Kier molecular flexibility index (Phi) is 3.77. The molecule has 1 aromatic heterocycles. The number of aryl methyl sites for hydroxylation is 1. The maximum atomic E-state index is 11.1. The fraction of sp³-hybridized carbons (Fsp3) is 0.286. The van der Waals surface area contributed by atoms with Crippen molar-refractivity contribution in [2.24, 2.45) is 5.84 Å². The summed E-state index contributed by atoms with van der Waals surface area (Å²) in [5.74, 6) is 4.14. The minimum atomic E-state index is -0.601. The topological polar surface area (TPSA) is 119 Å². The summed E-state index contributed by atoms with van der Waals surface area (Å²) < 4.78 is 1.18. The molecule has 1 aromatic rings. The number of H-pyrrole nitrogens is 1. The van der Waals surface area contributed by atoms with Gasteiger partial charge in [0.25, 0.3) is 5.56 Å². The lowest BCUT2D eigenvalue weighted by Crippen LogP contribution is -2.31. The Hall–Kier alpha value is -1.93. The lowest BCUT2D eigenvalue weighted by molar-refractivity contribution is -0.151. The number of aromatic nitrogens is 2.